The zero-order valence-electron chi connectivity index (χ0n) is 13.6. The van der Waals surface area contributed by atoms with E-state index in [9.17, 15) is 14.4 Å². The van der Waals surface area contributed by atoms with Gasteiger partial charge in [0.05, 0.1) is 12.2 Å². The van der Waals surface area contributed by atoms with Gasteiger partial charge < -0.3 is 10.1 Å². The van der Waals surface area contributed by atoms with E-state index in [1.165, 1.54) is 17.4 Å². The molecular formula is C17H18N2O4S. The van der Waals surface area contributed by atoms with Crippen molar-refractivity contribution < 1.29 is 19.1 Å². The Morgan fingerprint density at radius 1 is 1.08 bits per heavy atom. The highest BCUT2D eigenvalue weighted by Gasteiger charge is 2.18. The van der Waals surface area contributed by atoms with E-state index >= 15 is 0 Å². The normalized spacial score (nSPS) is 10.1. The van der Waals surface area contributed by atoms with Crippen molar-refractivity contribution in [3.8, 4) is 0 Å². The van der Waals surface area contributed by atoms with E-state index in [1.807, 2.05) is 19.9 Å². The summed E-state index contributed by atoms with van der Waals surface area (Å²) in [5.41, 5.74) is 2.82. The van der Waals surface area contributed by atoms with Crippen LogP contribution in [0.25, 0.3) is 0 Å². The van der Waals surface area contributed by atoms with Crippen LogP contribution in [0.3, 0.4) is 0 Å². The summed E-state index contributed by atoms with van der Waals surface area (Å²) in [7, 11) is 0. The fraction of sp³-hybridized carbons (Fsp3) is 0.235. The molecule has 6 nitrogen and oxygen atoms in total. The first kappa shape index (κ1) is 17.7. The number of hydrogen-bond acceptors (Lipinski definition) is 5. The second-order valence-corrected chi connectivity index (χ2v) is 6.01. The smallest absolute Gasteiger partial charge is 0.414 e. The monoisotopic (exact) mass is 346 g/mol. The summed E-state index contributed by atoms with van der Waals surface area (Å²) in [5, 5.41) is 6.85. The molecule has 0 unspecified atom stereocenters. The fourth-order valence-corrected chi connectivity index (χ4v) is 2.75. The Morgan fingerprint density at radius 2 is 1.83 bits per heavy atom. The molecule has 0 spiro atoms. The van der Waals surface area contributed by atoms with Crippen molar-refractivity contribution in [1.29, 1.82) is 0 Å². The SMILES string of the molecule is CCOC(=O)NC(=O)c1ccsc1NC(=O)c1ccc(C)c(C)c1. The van der Waals surface area contributed by atoms with Crippen molar-refractivity contribution >= 4 is 34.2 Å². The van der Waals surface area contributed by atoms with Crippen LogP contribution in [0.4, 0.5) is 9.80 Å². The predicted octanol–water partition coefficient (Wildman–Crippen LogP) is 3.50. The molecule has 0 atom stereocenters. The maximum atomic E-state index is 12.3. The highest BCUT2D eigenvalue weighted by molar-refractivity contribution is 7.14. The van der Waals surface area contributed by atoms with Crippen LogP contribution < -0.4 is 10.6 Å². The third-order valence-corrected chi connectivity index (χ3v) is 4.23. The number of amides is 3. The third-order valence-electron chi connectivity index (χ3n) is 3.40. The van der Waals surface area contributed by atoms with Crippen molar-refractivity contribution in [2.75, 3.05) is 11.9 Å². The van der Waals surface area contributed by atoms with E-state index in [0.717, 1.165) is 11.1 Å². The van der Waals surface area contributed by atoms with Gasteiger partial charge in [-0.05, 0) is 55.5 Å². The number of anilines is 1. The summed E-state index contributed by atoms with van der Waals surface area (Å²) < 4.78 is 4.67. The number of alkyl carbamates (subject to hydrolysis) is 1. The number of aryl methyl sites for hydroxylation is 2. The summed E-state index contributed by atoms with van der Waals surface area (Å²) in [5.74, 6) is -0.934. The molecule has 0 aliphatic rings. The van der Waals surface area contributed by atoms with E-state index in [2.05, 4.69) is 15.4 Å². The van der Waals surface area contributed by atoms with Gasteiger partial charge in [-0.1, -0.05) is 6.07 Å². The van der Waals surface area contributed by atoms with Gasteiger partial charge in [0.2, 0.25) is 0 Å². The van der Waals surface area contributed by atoms with Gasteiger partial charge in [-0.15, -0.1) is 11.3 Å². The number of imide groups is 1. The largest absolute Gasteiger partial charge is 0.450 e. The molecule has 0 fully saturated rings. The van der Waals surface area contributed by atoms with Gasteiger partial charge in [-0.3, -0.25) is 14.9 Å². The minimum atomic E-state index is -0.819. The molecule has 2 aromatic rings. The minimum Gasteiger partial charge on any atom is -0.450 e. The van der Waals surface area contributed by atoms with Crippen LogP contribution >= 0.6 is 11.3 Å². The number of nitrogens with one attached hydrogen (secondary N) is 2. The molecule has 0 bridgehead atoms. The van der Waals surface area contributed by atoms with Crippen molar-refractivity contribution in [3.05, 3.63) is 51.9 Å². The molecule has 0 saturated carbocycles. The van der Waals surface area contributed by atoms with Crippen LogP contribution in [0.2, 0.25) is 0 Å². The average Bonchev–Trinajstić information content (AvgIpc) is 2.98. The number of benzene rings is 1. The molecule has 0 aliphatic carbocycles. The number of carbonyl (C=O) groups excluding carboxylic acids is 3. The Hall–Kier alpha value is -2.67. The molecule has 0 aliphatic heterocycles. The van der Waals surface area contributed by atoms with Crippen molar-refractivity contribution in [2.45, 2.75) is 20.8 Å². The first-order valence-electron chi connectivity index (χ1n) is 7.36. The summed E-state index contributed by atoms with van der Waals surface area (Å²) in [4.78, 5) is 35.8. The second-order valence-electron chi connectivity index (χ2n) is 5.09. The molecule has 1 aromatic heterocycles. The van der Waals surface area contributed by atoms with E-state index in [4.69, 9.17) is 0 Å². The summed E-state index contributed by atoms with van der Waals surface area (Å²) in [6.07, 6.45) is -0.819. The Balaban J connectivity index is 2.12. The minimum absolute atomic E-state index is 0.166. The van der Waals surface area contributed by atoms with Crippen LogP contribution in [-0.4, -0.2) is 24.5 Å². The number of thiophene rings is 1. The molecule has 2 N–H and O–H groups in total. The second kappa shape index (κ2) is 7.74. The zero-order valence-corrected chi connectivity index (χ0v) is 14.5. The molecular weight excluding hydrogens is 328 g/mol. The summed E-state index contributed by atoms with van der Waals surface area (Å²) in [6.45, 7) is 5.70. The highest BCUT2D eigenvalue weighted by Crippen LogP contribution is 2.24. The van der Waals surface area contributed by atoms with Crippen molar-refractivity contribution in [2.24, 2.45) is 0 Å². The number of ether oxygens (including phenoxy) is 1. The quantitative estimate of drug-likeness (QED) is 0.887. The van der Waals surface area contributed by atoms with E-state index in [1.54, 1.807) is 24.4 Å². The van der Waals surface area contributed by atoms with Crippen LogP contribution in [0, 0.1) is 13.8 Å². The Labute approximate surface area is 143 Å². The molecule has 1 heterocycles. The van der Waals surface area contributed by atoms with Crippen molar-refractivity contribution in [3.63, 3.8) is 0 Å². The fourth-order valence-electron chi connectivity index (χ4n) is 1.97. The number of hydrogen-bond donors (Lipinski definition) is 2. The van der Waals surface area contributed by atoms with Gasteiger partial charge in [0.25, 0.3) is 11.8 Å². The zero-order chi connectivity index (χ0) is 17.7. The van der Waals surface area contributed by atoms with Crippen LogP contribution in [0.15, 0.2) is 29.6 Å². The molecule has 126 valence electrons. The number of carbonyl (C=O) groups is 3. The van der Waals surface area contributed by atoms with Crippen LogP contribution in [0.5, 0.6) is 0 Å². The average molecular weight is 346 g/mol. The van der Waals surface area contributed by atoms with E-state index in [0.29, 0.717) is 10.6 Å². The Bertz CT molecular complexity index is 783. The maximum absolute atomic E-state index is 12.3. The van der Waals surface area contributed by atoms with Gasteiger partial charge >= 0.3 is 6.09 Å². The van der Waals surface area contributed by atoms with Gasteiger partial charge in [0, 0.05) is 5.56 Å². The van der Waals surface area contributed by atoms with Crippen LogP contribution in [-0.2, 0) is 4.74 Å². The standard InChI is InChI=1S/C17H18N2O4S/c1-4-23-17(22)19-15(21)13-7-8-24-16(13)18-14(20)12-6-5-10(2)11(3)9-12/h5-9H,4H2,1-3H3,(H,18,20)(H,19,21,22). The van der Waals surface area contributed by atoms with Gasteiger partial charge in [-0.25, -0.2) is 4.79 Å². The topological polar surface area (TPSA) is 84.5 Å². The van der Waals surface area contributed by atoms with Crippen molar-refractivity contribution in [1.82, 2.24) is 5.32 Å². The Kier molecular flexibility index (Phi) is 5.70. The van der Waals surface area contributed by atoms with Crippen LogP contribution in [0.1, 0.15) is 38.8 Å². The van der Waals surface area contributed by atoms with Gasteiger partial charge in [0.1, 0.15) is 5.00 Å². The first-order chi connectivity index (χ1) is 11.4. The van der Waals surface area contributed by atoms with Gasteiger partial charge in [-0.2, -0.15) is 0 Å². The highest BCUT2D eigenvalue weighted by atomic mass is 32.1. The third kappa shape index (κ3) is 4.20. The first-order valence-corrected chi connectivity index (χ1v) is 8.24. The molecule has 0 saturated heterocycles. The van der Waals surface area contributed by atoms with E-state index < -0.39 is 12.0 Å². The van der Waals surface area contributed by atoms with E-state index in [-0.39, 0.29) is 18.1 Å². The lowest BCUT2D eigenvalue weighted by Crippen LogP contribution is -2.31. The molecule has 2 rings (SSSR count). The lowest BCUT2D eigenvalue weighted by atomic mass is 10.1. The maximum Gasteiger partial charge on any atom is 0.414 e. The molecule has 24 heavy (non-hydrogen) atoms. The van der Waals surface area contributed by atoms with Gasteiger partial charge in [0.15, 0.2) is 0 Å². The Morgan fingerprint density at radius 3 is 2.50 bits per heavy atom. The lowest BCUT2D eigenvalue weighted by molar-refractivity contribution is 0.0926. The summed E-state index contributed by atoms with van der Waals surface area (Å²) >= 11 is 1.20. The molecule has 3 amide bonds. The summed E-state index contributed by atoms with van der Waals surface area (Å²) in [6, 6.07) is 6.92. The number of rotatable bonds is 4. The lowest BCUT2D eigenvalue weighted by Gasteiger charge is -2.08. The predicted molar refractivity (Wildman–Crippen MR) is 92.7 cm³/mol. The molecule has 0 radical (unpaired) electrons. The molecule has 1 aromatic carbocycles. The molecule has 7 heteroatoms.